The van der Waals surface area contributed by atoms with Crippen LogP contribution >= 0.6 is 0 Å². The van der Waals surface area contributed by atoms with Crippen LogP contribution in [0.5, 0.6) is 0 Å². The van der Waals surface area contributed by atoms with Crippen LogP contribution in [-0.4, -0.2) is 21.9 Å². The highest BCUT2D eigenvalue weighted by atomic mass is 16.6. The van der Waals surface area contributed by atoms with E-state index in [9.17, 15) is 24.8 Å². The second-order valence-electron chi connectivity index (χ2n) is 5.13. The van der Waals surface area contributed by atoms with Gasteiger partial charge in [0, 0.05) is 17.8 Å². The molecule has 2 N–H and O–H groups in total. The van der Waals surface area contributed by atoms with Crippen molar-refractivity contribution >= 4 is 23.3 Å². The maximum Gasteiger partial charge on any atom is 0.307 e. The quantitative estimate of drug-likeness (QED) is 0.654. The van der Waals surface area contributed by atoms with Gasteiger partial charge >= 0.3 is 5.97 Å². The van der Waals surface area contributed by atoms with Crippen LogP contribution in [0.4, 0.5) is 11.4 Å². The third kappa shape index (κ3) is 3.56. The van der Waals surface area contributed by atoms with Crippen molar-refractivity contribution in [1.82, 2.24) is 0 Å². The molecule has 1 aliphatic carbocycles. The molecule has 7 heteroatoms. The Hall–Kier alpha value is -2.44. The second kappa shape index (κ2) is 6.34. The van der Waals surface area contributed by atoms with E-state index in [0.717, 1.165) is 12.8 Å². The van der Waals surface area contributed by atoms with Gasteiger partial charge in [-0.05, 0) is 18.9 Å². The molecule has 2 rings (SSSR count). The molecule has 7 nitrogen and oxygen atoms in total. The SMILES string of the molecule is O=C(O)[C@H]1CCCC[C@H]1C(=O)Nc1cccc([N+](=O)[O-])c1. The second-order valence-corrected chi connectivity index (χ2v) is 5.13. The van der Waals surface area contributed by atoms with Crippen LogP contribution in [0.25, 0.3) is 0 Å². The van der Waals surface area contributed by atoms with Crippen molar-refractivity contribution in [2.75, 3.05) is 5.32 Å². The summed E-state index contributed by atoms with van der Waals surface area (Å²) in [6.45, 7) is 0. The van der Waals surface area contributed by atoms with Gasteiger partial charge < -0.3 is 10.4 Å². The van der Waals surface area contributed by atoms with Gasteiger partial charge in [-0.25, -0.2) is 0 Å². The molecular weight excluding hydrogens is 276 g/mol. The Morgan fingerprint density at radius 1 is 1.24 bits per heavy atom. The number of amides is 1. The van der Waals surface area contributed by atoms with Gasteiger partial charge in [0.25, 0.3) is 5.69 Å². The van der Waals surface area contributed by atoms with Crippen molar-refractivity contribution in [3.63, 3.8) is 0 Å². The van der Waals surface area contributed by atoms with Gasteiger partial charge in [-0.1, -0.05) is 18.9 Å². The van der Waals surface area contributed by atoms with Crippen molar-refractivity contribution in [2.45, 2.75) is 25.7 Å². The molecule has 1 saturated carbocycles. The fraction of sp³-hybridized carbons (Fsp3) is 0.429. The Bertz CT molecular complexity index is 572. The van der Waals surface area contributed by atoms with E-state index >= 15 is 0 Å². The van der Waals surface area contributed by atoms with Crippen molar-refractivity contribution < 1.29 is 19.6 Å². The fourth-order valence-electron chi connectivity index (χ4n) is 2.67. The molecule has 1 aromatic carbocycles. The number of aliphatic carboxylic acids is 1. The van der Waals surface area contributed by atoms with Gasteiger partial charge in [-0.15, -0.1) is 0 Å². The van der Waals surface area contributed by atoms with Gasteiger partial charge in [0.15, 0.2) is 0 Å². The minimum atomic E-state index is -0.964. The molecule has 0 unspecified atom stereocenters. The molecule has 0 radical (unpaired) electrons. The minimum Gasteiger partial charge on any atom is -0.481 e. The third-order valence-electron chi connectivity index (χ3n) is 3.74. The predicted molar refractivity (Wildman–Crippen MR) is 74.8 cm³/mol. The largest absolute Gasteiger partial charge is 0.481 e. The lowest BCUT2D eigenvalue weighted by Crippen LogP contribution is -2.36. The Kier molecular flexibility index (Phi) is 4.52. The first-order valence-electron chi connectivity index (χ1n) is 6.77. The Morgan fingerprint density at radius 3 is 2.52 bits per heavy atom. The summed E-state index contributed by atoms with van der Waals surface area (Å²) in [5.41, 5.74) is 0.190. The number of nitro benzene ring substituents is 1. The molecule has 0 heterocycles. The van der Waals surface area contributed by atoms with Crippen LogP contribution in [0.1, 0.15) is 25.7 Å². The van der Waals surface area contributed by atoms with Crippen LogP contribution < -0.4 is 5.32 Å². The Morgan fingerprint density at radius 2 is 1.90 bits per heavy atom. The number of nitrogens with zero attached hydrogens (tertiary/aromatic N) is 1. The molecule has 1 amide bonds. The smallest absolute Gasteiger partial charge is 0.307 e. The average molecular weight is 292 g/mol. The van der Waals surface area contributed by atoms with Crippen molar-refractivity contribution in [3.05, 3.63) is 34.4 Å². The normalized spacial score (nSPS) is 21.5. The lowest BCUT2D eigenvalue weighted by atomic mass is 9.78. The van der Waals surface area contributed by atoms with Crippen molar-refractivity contribution in [3.8, 4) is 0 Å². The summed E-state index contributed by atoms with van der Waals surface area (Å²) in [6.07, 6.45) is 2.63. The van der Waals surface area contributed by atoms with E-state index in [1.165, 1.54) is 18.2 Å². The molecular formula is C14H16N2O5. The van der Waals surface area contributed by atoms with Gasteiger partial charge in [0.1, 0.15) is 0 Å². The number of hydrogen-bond acceptors (Lipinski definition) is 4. The fourth-order valence-corrected chi connectivity index (χ4v) is 2.67. The topological polar surface area (TPSA) is 110 Å². The summed E-state index contributed by atoms with van der Waals surface area (Å²) in [6, 6.07) is 5.61. The first-order valence-corrected chi connectivity index (χ1v) is 6.77. The zero-order valence-corrected chi connectivity index (χ0v) is 11.3. The van der Waals surface area contributed by atoms with Crippen LogP contribution in [0.15, 0.2) is 24.3 Å². The van der Waals surface area contributed by atoms with Gasteiger partial charge in [0.05, 0.1) is 16.8 Å². The number of non-ortho nitro benzene ring substituents is 1. The maximum absolute atomic E-state index is 12.2. The number of nitrogens with one attached hydrogen (secondary N) is 1. The summed E-state index contributed by atoms with van der Waals surface area (Å²) in [5.74, 6) is -2.62. The highest BCUT2D eigenvalue weighted by Gasteiger charge is 2.35. The number of carboxylic acid groups (broad SMARTS) is 1. The first-order chi connectivity index (χ1) is 9.99. The van der Waals surface area contributed by atoms with Gasteiger partial charge in [-0.3, -0.25) is 19.7 Å². The number of anilines is 1. The highest BCUT2D eigenvalue weighted by molar-refractivity contribution is 5.95. The highest BCUT2D eigenvalue weighted by Crippen LogP contribution is 2.31. The van der Waals surface area contributed by atoms with Crippen LogP contribution in [-0.2, 0) is 9.59 Å². The number of carbonyl (C=O) groups excluding carboxylic acids is 1. The van der Waals surface area contributed by atoms with Crippen LogP contribution in [0.2, 0.25) is 0 Å². The lowest BCUT2D eigenvalue weighted by Gasteiger charge is -2.27. The van der Waals surface area contributed by atoms with Gasteiger partial charge in [0.2, 0.25) is 5.91 Å². The molecule has 1 fully saturated rings. The number of nitro groups is 1. The molecule has 0 aromatic heterocycles. The van der Waals surface area contributed by atoms with E-state index in [1.807, 2.05) is 0 Å². The third-order valence-corrected chi connectivity index (χ3v) is 3.74. The predicted octanol–water partition coefficient (Wildman–Crippen LogP) is 2.42. The monoisotopic (exact) mass is 292 g/mol. The van der Waals surface area contributed by atoms with E-state index in [0.29, 0.717) is 18.5 Å². The molecule has 1 aromatic rings. The summed E-state index contributed by atoms with van der Waals surface area (Å²) >= 11 is 0. The number of hydrogen-bond donors (Lipinski definition) is 2. The lowest BCUT2D eigenvalue weighted by molar-refractivity contribution is -0.384. The van der Waals surface area contributed by atoms with Crippen molar-refractivity contribution in [2.24, 2.45) is 11.8 Å². The van der Waals surface area contributed by atoms with Crippen LogP contribution in [0.3, 0.4) is 0 Å². The maximum atomic E-state index is 12.2. The Balaban J connectivity index is 2.11. The molecule has 0 aliphatic heterocycles. The number of carbonyl (C=O) groups is 2. The summed E-state index contributed by atoms with van der Waals surface area (Å²) in [5, 5.41) is 22.5. The average Bonchev–Trinajstić information content (AvgIpc) is 2.47. The number of benzene rings is 1. The molecule has 2 atom stereocenters. The standard InChI is InChI=1S/C14H16N2O5/c17-13(11-6-1-2-7-12(11)14(18)19)15-9-4-3-5-10(8-9)16(20)21/h3-5,8,11-12H,1-2,6-7H2,(H,15,17)(H,18,19)/t11-,12+/m1/s1. The number of rotatable bonds is 4. The molecule has 0 spiro atoms. The zero-order chi connectivity index (χ0) is 15.4. The van der Waals surface area contributed by atoms with E-state index in [-0.39, 0.29) is 11.6 Å². The molecule has 1 aliphatic rings. The van der Waals surface area contributed by atoms with E-state index in [2.05, 4.69) is 5.32 Å². The van der Waals surface area contributed by atoms with E-state index < -0.39 is 22.7 Å². The molecule has 21 heavy (non-hydrogen) atoms. The molecule has 0 saturated heterocycles. The summed E-state index contributed by atoms with van der Waals surface area (Å²) < 4.78 is 0. The molecule has 0 bridgehead atoms. The van der Waals surface area contributed by atoms with Gasteiger partial charge in [-0.2, -0.15) is 0 Å². The van der Waals surface area contributed by atoms with E-state index in [4.69, 9.17) is 0 Å². The minimum absolute atomic E-state index is 0.119. The van der Waals surface area contributed by atoms with Crippen LogP contribution in [0, 0.1) is 22.0 Å². The van der Waals surface area contributed by atoms with Crippen molar-refractivity contribution in [1.29, 1.82) is 0 Å². The summed E-state index contributed by atoms with van der Waals surface area (Å²) in [7, 11) is 0. The van der Waals surface area contributed by atoms with E-state index in [1.54, 1.807) is 6.07 Å². The number of carboxylic acids is 1. The Labute approximate surface area is 121 Å². The zero-order valence-electron chi connectivity index (χ0n) is 11.3. The summed E-state index contributed by atoms with van der Waals surface area (Å²) in [4.78, 5) is 33.6. The first kappa shape index (κ1) is 15.0. The molecule has 112 valence electrons.